The van der Waals surface area contributed by atoms with Crippen molar-refractivity contribution in [2.75, 3.05) is 14.2 Å². The van der Waals surface area contributed by atoms with E-state index in [9.17, 15) is 4.79 Å². The van der Waals surface area contributed by atoms with Gasteiger partial charge in [-0.25, -0.2) is 4.79 Å². The summed E-state index contributed by atoms with van der Waals surface area (Å²) in [6.45, 7) is 0. The van der Waals surface area contributed by atoms with Crippen molar-refractivity contribution in [2.24, 2.45) is 4.99 Å². The quantitative estimate of drug-likeness (QED) is 0.626. The number of isocyanates is 1. The van der Waals surface area contributed by atoms with Crippen molar-refractivity contribution in [3.63, 3.8) is 0 Å². The van der Waals surface area contributed by atoms with E-state index in [4.69, 9.17) is 9.47 Å². The molecule has 3 rings (SSSR count). The van der Waals surface area contributed by atoms with Crippen LogP contribution in [-0.4, -0.2) is 20.3 Å². The number of carbonyl (C=O) groups excluding carboxylic acids is 1. The molecule has 4 nitrogen and oxygen atoms in total. The maximum atomic E-state index is 10.7. The van der Waals surface area contributed by atoms with Gasteiger partial charge in [0.05, 0.1) is 14.2 Å². The minimum absolute atomic E-state index is 0.424. The number of hydrogen-bond donors (Lipinski definition) is 0. The zero-order valence-electron chi connectivity index (χ0n) is 12.0. The van der Waals surface area contributed by atoms with Gasteiger partial charge in [-0.3, -0.25) is 0 Å². The first-order valence-corrected chi connectivity index (χ1v) is 7.12. The van der Waals surface area contributed by atoms with Crippen LogP contribution in [0, 0.1) is 0 Å². The van der Waals surface area contributed by atoms with Crippen LogP contribution in [0.25, 0.3) is 0 Å². The first-order valence-electron chi connectivity index (χ1n) is 7.12. The van der Waals surface area contributed by atoms with Crippen molar-refractivity contribution < 1.29 is 14.3 Å². The second-order valence-electron chi connectivity index (χ2n) is 5.56. The molecule has 0 saturated heterocycles. The van der Waals surface area contributed by atoms with E-state index in [1.165, 1.54) is 24.0 Å². The Balaban J connectivity index is 2.22. The molecule has 0 spiro atoms. The number of hydrogen-bond acceptors (Lipinski definition) is 4. The predicted octanol–water partition coefficient (Wildman–Crippen LogP) is 2.91. The van der Waals surface area contributed by atoms with E-state index in [0.29, 0.717) is 0 Å². The number of aliphatic imine (C=N–C) groups is 1. The number of rotatable bonds is 4. The number of fused-ring (bicyclic) bond motifs is 1. The van der Waals surface area contributed by atoms with E-state index < -0.39 is 5.54 Å². The lowest BCUT2D eigenvalue weighted by molar-refractivity contribution is 0.381. The molecule has 0 heterocycles. The lowest BCUT2D eigenvalue weighted by Gasteiger charge is -2.25. The Morgan fingerprint density at radius 3 is 2.40 bits per heavy atom. The highest BCUT2D eigenvalue weighted by Crippen LogP contribution is 2.55. The van der Waals surface area contributed by atoms with E-state index in [0.717, 1.165) is 42.7 Å². The van der Waals surface area contributed by atoms with E-state index >= 15 is 0 Å². The van der Waals surface area contributed by atoms with Gasteiger partial charge in [-0.1, -0.05) is 0 Å². The molecule has 2 aliphatic carbocycles. The third-order valence-electron chi connectivity index (χ3n) is 4.47. The summed E-state index contributed by atoms with van der Waals surface area (Å²) in [7, 11) is 3.39. The van der Waals surface area contributed by atoms with E-state index in [1.54, 1.807) is 20.3 Å². The molecule has 0 radical (unpaired) electrons. The summed E-state index contributed by atoms with van der Waals surface area (Å²) < 4.78 is 11.2. The summed E-state index contributed by atoms with van der Waals surface area (Å²) in [6.07, 6.45) is 7.85. The Bertz CT molecular complexity index is 584. The van der Waals surface area contributed by atoms with Crippen molar-refractivity contribution in [1.29, 1.82) is 0 Å². The molecule has 0 aromatic heterocycles. The van der Waals surface area contributed by atoms with Gasteiger partial charge < -0.3 is 9.47 Å². The summed E-state index contributed by atoms with van der Waals surface area (Å²) >= 11 is 0. The number of ether oxygens (including phenoxy) is 2. The van der Waals surface area contributed by atoms with Crippen LogP contribution in [0.1, 0.15) is 42.4 Å². The zero-order valence-corrected chi connectivity index (χ0v) is 12.0. The summed E-state index contributed by atoms with van der Waals surface area (Å²) in [5, 5.41) is 0. The van der Waals surface area contributed by atoms with Gasteiger partial charge in [0.25, 0.3) is 0 Å². The van der Waals surface area contributed by atoms with Crippen LogP contribution in [0.4, 0.5) is 0 Å². The largest absolute Gasteiger partial charge is 0.496 e. The minimum Gasteiger partial charge on any atom is -0.496 e. The molecule has 4 heteroatoms. The molecule has 20 heavy (non-hydrogen) atoms. The molecule has 0 amide bonds. The van der Waals surface area contributed by atoms with Gasteiger partial charge in [-0.2, -0.15) is 4.99 Å². The molecule has 1 saturated carbocycles. The van der Waals surface area contributed by atoms with Gasteiger partial charge in [0.1, 0.15) is 17.0 Å². The van der Waals surface area contributed by atoms with Crippen LogP contribution in [-0.2, 0) is 23.2 Å². The summed E-state index contributed by atoms with van der Waals surface area (Å²) in [6, 6.07) is 2.01. The zero-order chi connectivity index (χ0) is 14.2. The third kappa shape index (κ3) is 1.92. The summed E-state index contributed by atoms with van der Waals surface area (Å²) in [5.41, 5.74) is 3.05. The second-order valence-corrected chi connectivity index (χ2v) is 5.56. The van der Waals surface area contributed by atoms with Gasteiger partial charge >= 0.3 is 0 Å². The number of benzene rings is 1. The molecule has 0 bridgehead atoms. The van der Waals surface area contributed by atoms with Crippen LogP contribution < -0.4 is 9.47 Å². The van der Waals surface area contributed by atoms with E-state index in [-0.39, 0.29) is 0 Å². The second kappa shape index (κ2) is 4.95. The molecule has 106 valence electrons. The first-order chi connectivity index (χ1) is 9.75. The Kier molecular flexibility index (Phi) is 3.27. The van der Waals surface area contributed by atoms with Crippen LogP contribution in [0.5, 0.6) is 11.5 Å². The van der Waals surface area contributed by atoms with Crippen LogP contribution >= 0.6 is 0 Å². The number of nitrogens with zero attached hydrogens (tertiary/aromatic N) is 1. The smallest absolute Gasteiger partial charge is 0.235 e. The highest BCUT2D eigenvalue weighted by molar-refractivity contribution is 5.59. The van der Waals surface area contributed by atoms with Crippen molar-refractivity contribution in [2.45, 2.75) is 44.1 Å². The predicted molar refractivity (Wildman–Crippen MR) is 75.2 cm³/mol. The minimum atomic E-state index is -0.424. The van der Waals surface area contributed by atoms with Gasteiger partial charge in [0, 0.05) is 16.7 Å². The van der Waals surface area contributed by atoms with Crippen molar-refractivity contribution in [1.82, 2.24) is 0 Å². The molecular formula is C16H19NO3. The maximum Gasteiger partial charge on any atom is 0.235 e. The fraction of sp³-hybridized carbons (Fsp3) is 0.562. The Morgan fingerprint density at radius 2 is 1.85 bits per heavy atom. The third-order valence-corrected chi connectivity index (χ3v) is 4.47. The lowest BCUT2D eigenvalue weighted by atomic mass is 9.86. The molecule has 0 aliphatic heterocycles. The summed E-state index contributed by atoms with van der Waals surface area (Å²) in [4.78, 5) is 14.7. The SMILES string of the molecule is COc1cc(C2(N=C=O)CC2)c(OC)c2c1CCCC2. The molecule has 1 aromatic carbocycles. The average Bonchev–Trinajstić information content (AvgIpc) is 3.26. The highest BCUT2D eigenvalue weighted by Gasteiger charge is 2.48. The Morgan fingerprint density at radius 1 is 1.15 bits per heavy atom. The molecule has 1 fully saturated rings. The van der Waals surface area contributed by atoms with Gasteiger partial charge in [-0.15, -0.1) is 0 Å². The van der Waals surface area contributed by atoms with E-state index in [2.05, 4.69) is 4.99 Å². The van der Waals surface area contributed by atoms with Crippen LogP contribution in [0.15, 0.2) is 11.1 Å². The van der Waals surface area contributed by atoms with E-state index in [1.807, 2.05) is 6.07 Å². The molecule has 0 N–H and O–H groups in total. The topological polar surface area (TPSA) is 47.9 Å². The van der Waals surface area contributed by atoms with Crippen molar-refractivity contribution in [3.05, 3.63) is 22.8 Å². The monoisotopic (exact) mass is 273 g/mol. The fourth-order valence-electron chi connectivity index (χ4n) is 3.28. The normalized spacial score (nSPS) is 18.7. The maximum absolute atomic E-state index is 10.7. The van der Waals surface area contributed by atoms with Crippen molar-refractivity contribution >= 4 is 6.08 Å². The Hall–Kier alpha value is -1.80. The Labute approximate surface area is 118 Å². The van der Waals surface area contributed by atoms with Gasteiger partial charge in [0.15, 0.2) is 0 Å². The van der Waals surface area contributed by atoms with Gasteiger partial charge in [0.2, 0.25) is 6.08 Å². The first kappa shape index (κ1) is 13.2. The number of methoxy groups -OCH3 is 2. The molecule has 0 atom stereocenters. The van der Waals surface area contributed by atoms with Crippen LogP contribution in [0.3, 0.4) is 0 Å². The van der Waals surface area contributed by atoms with Crippen LogP contribution in [0.2, 0.25) is 0 Å². The average molecular weight is 273 g/mol. The molecule has 0 unspecified atom stereocenters. The lowest BCUT2D eigenvalue weighted by Crippen LogP contribution is -2.13. The van der Waals surface area contributed by atoms with Gasteiger partial charge in [-0.05, 0) is 44.6 Å². The molecule has 2 aliphatic rings. The molecular weight excluding hydrogens is 254 g/mol. The molecule has 1 aromatic rings. The summed E-state index contributed by atoms with van der Waals surface area (Å²) in [5.74, 6) is 1.81. The van der Waals surface area contributed by atoms with Crippen molar-refractivity contribution in [3.8, 4) is 11.5 Å². The fourth-order valence-corrected chi connectivity index (χ4v) is 3.28. The highest BCUT2D eigenvalue weighted by atomic mass is 16.5. The standard InChI is InChI=1S/C16H19NO3/c1-19-14-9-13(16(7-8-16)17-10-18)15(20-2)12-6-4-3-5-11(12)14/h9H,3-8H2,1-2H3.